The Morgan fingerprint density at radius 3 is 2.17 bits per heavy atom. The summed E-state index contributed by atoms with van der Waals surface area (Å²) in [5.74, 6) is 2.82. The van der Waals surface area contributed by atoms with E-state index in [4.69, 9.17) is 18.6 Å². The topological polar surface area (TPSA) is 39.0 Å². The second-order valence-corrected chi connectivity index (χ2v) is 6.72. The zero-order valence-corrected chi connectivity index (χ0v) is 17.2. The molecule has 0 spiro atoms. The quantitative estimate of drug-likeness (QED) is 0.343. The van der Waals surface area contributed by atoms with Crippen LogP contribution in [-0.4, -0.2) is 21.3 Å². The normalized spacial score (nSPS) is 11.0. The van der Waals surface area contributed by atoms with Gasteiger partial charge in [-0.1, -0.05) is 42.5 Å². The van der Waals surface area contributed by atoms with Gasteiger partial charge >= 0.3 is 11.3 Å². The van der Waals surface area contributed by atoms with Crippen LogP contribution in [0.25, 0.3) is 34.2 Å². The summed E-state index contributed by atoms with van der Waals surface area (Å²) < 4.78 is 22.6. The van der Waals surface area contributed by atoms with E-state index >= 15 is 0 Å². The molecule has 0 aliphatic rings. The Balaban J connectivity index is 1.85. The van der Waals surface area contributed by atoms with Gasteiger partial charge in [-0.15, -0.1) is 0 Å². The van der Waals surface area contributed by atoms with Gasteiger partial charge in [0.05, 0.1) is 32.3 Å². The van der Waals surface area contributed by atoms with E-state index in [2.05, 4.69) is 18.2 Å². The van der Waals surface area contributed by atoms with E-state index in [1.165, 1.54) is 0 Å². The Labute approximate surface area is 176 Å². The number of hydrogen-bond acceptors (Lipinski definition) is 3. The third kappa shape index (κ3) is 3.85. The molecule has 0 saturated carbocycles. The minimum absolute atomic E-state index is 0.681. The molecule has 1 heterocycles. The fraction of sp³-hybridized carbons (Fsp3) is 0.115. The summed E-state index contributed by atoms with van der Waals surface area (Å²) >= 11 is 0. The van der Waals surface area contributed by atoms with Crippen LogP contribution in [0.4, 0.5) is 0 Å². The highest BCUT2D eigenvalue weighted by Gasteiger charge is 2.21. The first-order valence-corrected chi connectivity index (χ1v) is 9.63. The van der Waals surface area contributed by atoms with Crippen LogP contribution in [-0.2, 0) is 0 Å². The Morgan fingerprint density at radius 1 is 0.667 bits per heavy atom. The van der Waals surface area contributed by atoms with Gasteiger partial charge < -0.3 is 14.2 Å². The maximum atomic E-state index is 6.32. The van der Waals surface area contributed by atoms with Gasteiger partial charge in [-0.25, -0.2) is 4.42 Å². The molecule has 0 fully saturated rings. The molecule has 30 heavy (non-hydrogen) atoms. The van der Waals surface area contributed by atoms with Crippen molar-refractivity contribution < 1.29 is 18.6 Å². The van der Waals surface area contributed by atoms with Crippen LogP contribution in [0.2, 0.25) is 0 Å². The highest BCUT2D eigenvalue weighted by Crippen LogP contribution is 2.34. The Hall–Kier alpha value is -3.79. The zero-order valence-electron chi connectivity index (χ0n) is 17.2. The molecular weight excluding hydrogens is 376 g/mol. The second-order valence-electron chi connectivity index (χ2n) is 6.72. The van der Waals surface area contributed by atoms with Gasteiger partial charge in [0.25, 0.3) is 0 Å². The molecule has 0 N–H and O–H groups in total. The molecule has 0 radical (unpaired) electrons. The molecule has 4 aromatic rings. The second kappa shape index (κ2) is 8.70. The summed E-state index contributed by atoms with van der Waals surface area (Å²) in [5.41, 5.74) is 3.78. The number of hydrogen-bond donors (Lipinski definition) is 0. The van der Waals surface area contributed by atoms with Gasteiger partial charge in [0, 0.05) is 6.08 Å². The van der Waals surface area contributed by atoms with E-state index in [1.54, 1.807) is 21.3 Å². The third-order valence-corrected chi connectivity index (χ3v) is 4.93. The standard InChI is InChI=1S/C26H23O4/c1-27-23-15-13-18(16-25(23)29-3)12-14-22-21(19-8-5-4-6-9-19)17-20-10-7-11-24(28-2)26(20)30-22/h4-17H,1-3H3/q+1/b14-12+. The van der Waals surface area contributed by atoms with Crippen LogP contribution in [0.15, 0.2) is 77.2 Å². The Bertz CT molecular complexity index is 1200. The summed E-state index contributed by atoms with van der Waals surface area (Å²) in [6.07, 6.45) is 3.96. The van der Waals surface area contributed by atoms with E-state index in [9.17, 15) is 0 Å². The van der Waals surface area contributed by atoms with Gasteiger partial charge in [0.15, 0.2) is 11.5 Å². The van der Waals surface area contributed by atoms with Crippen molar-refractivity contribution in [2.45, 2.75) is 0 Å². The van der Waals surface area contributed by atoms with Crippen LogP contribution in [0.1, 0.15) is 11.3 Å². The minimum Gasteiger partial charge on any atom is -0.493 e. The van der Waals surface area contributed by atoms with E-state index < -0.39 is 0 Å². The molecule has 4 rings (SSSR count). The molecule has 3 aromatic carbocycles. The van der Waals surface area contributed by atoms with Crippen molar-refractivity contribution >= 4 is 23.1 Å². The van der Waals surface area contributed by atoms with Crippen molar-refractivity contribution in [2.24, 2.45) is 0 Å². The molecule has 0 atom stereocenters. The monoisotopic (exact) mass is 399 g/mol. The first kappa shape index (κ1) is 19.5. The first-order valence-electron chi connectivity index (χ1n) is 9.63. The average Bonchev–Trinajstić information content (AvgIpc) is 2.82. The van der Waals surface area contributed by atoms with Crippen molar-refractivity contribution in [1.82, 2.24) is 0 Å². The molecule has 1 aromatic heterocycles. The Kier molecular flexibility index (Phi) is 5.66. The summed E-state index contributed by atoms with van der Waals surface area (Å²) in [6, 6.07) is 24.0. The number of rotatable bonds is 6. The fourth-order valence-electron chi connectivity index (χ4n) is 3.40. The zero-order chi connectivity index (χ0) is 20.9. The number of benzene rings is 3. The van der Waals surface area contributed by atoms with Crippen molar-refractivity contribution in [1.29, 1.82) is 0 Å². The van der Waals surface area contributed by atoms with Crippen molar-refractivity contribution in [2.75, 3.05) is 21.3 Å². The fourth-order valence-corrected chi connectivity index (χ4v) is 3.40. The number of fused-ring (bicyclic) bond motifs is 1. The predicted octanol–water partition coefficient (Wildman–Crippen LogP) is 6.58. The number of methoxy groups -OCH3 is 3. The lowest BCUT2D eigenvalue weighted by molar-refractivity contribution is 0.355. The maximum Gasteiger partial charge on any atom is 0.402 e. The lowest BCUT2D eigenvalue weighted by Gasteiger charge is -2.07. The number of ether oxygens (including phenoxy) is 3. The van der Waals surface area contributed by atoms with E-state index in [1.807, 2.05) is 66.7 Å². The lowest BCUT2D eigenvalue weighted by atomic mass is 10.0. The van der Waals surface area contributed by atoms with Crippen molar-refractivity contribution in [3.63, 3.8) is 0 Å². The molecule has 0 unspecified atom stereocenters. The van der Waals surface area contributed by atoms with Crippen LogP contribution < -0.4 is 14.2 Å². The molecule has 4 nitrogen and oxygen atoms in total. The van der Waals surface area contributed by atoms with E-state index in [0.29, 0.717) is 22.8 Å². The van der Waals surface area contributed by atoms with E-state index in [0.717, 1.165) is 27.8 Å². The predicted molar refractivity (Wildman–Crippen MR) is 121 cm³/mol. The molecule has 0 saturated heterocycles. The van der Waals surface area contributed by atoms with Crippen LogP contribution in [0.3, 0.4) is 0 Å². The lowest BCUT2D eigenvalue weighted by Crippen LogP contribution is -1.90. The van der Waals surface area contributed by atoms with Gasteiger partial charge in [-0.2, -0.15) is 0 Å². The number of para-hydroxylation sites is 1. The third-order valence-electron chi connectivity index (χ3n) is 4.93. The molecule has 0 aliphatic carbocycles. The smallest absolute Gasteiger partial charge is 0.402 e. The van der Waals surface area contributed by atoms with Gasteiger partial charge in [-0.3, -0.25) is 0 Å². The molecule has 0 bridgehead atoms. The largest absolute Gasteiger partial charge is 0.493 e. The molecule has 0 amide bonds. The molecule has 4 heteroatoms. The summed E-state index contributed by atoms with van der Waals surface area (Å²) in [4.78, 5) is 0. The van der Waals surface area contributed by atoms with Crippen LogP contribution >= 0.6 is 0 Å². The molecule has 0 aliphatic heterocycles. The van der Waals surface area contributed by atoms with Crippen molar-refractivity contribution in [3.05, 3.63) is 84.1 Å². The SMILES string of the molecule is COc1ccc(/C=C/c2[o+]c3c(OC)cccc3cc2-c2ccccc2)cc1OC. The first-order chi connectivity index (χ1) is 14.7. The van der Waals surface area contributed by atoms with Gasteiger partial charge in [-0.05, 0) is 47.5 Å². The summed E-state index contributed by atoms with van der Waals surface area (Å²) in [5, 5.41) is 0.983. The Morgan fingerprint density at radius 2 is 1.43 bits per heavy atom. The minimum atomic E-state index is 0.681. The highest BCUT2D eigenvalue weighted by molar-refractivity contribution is 5.90. The molecular formula is C26H23O4+. The summed E-state index contributed by atoms with van der Waals surface area (Å²) in [6.45, 7) is 0. The summed E-state index contributed by atoms with van der Waals surface area (Å²) in [7, 11) is 4.90. The highest BCUT2D eigenvalue weighted by atomic mass is 16.5. The van der Waals surface area contributed by atoms with E-state index in [-0.39, 0.29) is 0 Å². The molecule has 150 valence electrons. The van der Waals surface area contributed by atoms with Crippen LogP contribution in [0, 0.1) is 0 Å². The van der Waals surface area contributed by atoms with Gasteiger partial charge in [0.2, 0.25) is 5.75 Å². The van der Waals surface area contributed by atoms with Crippen LogP contribution in [0.5, 0.6) is 17.2 Å². The average molecular weight is 399 g/mol. The van der Waals surface area contributed by atoms with Gasteiger partial charge in [0.1, 0.15) is 0 Å². The van der Waals surface area contributed by atoms with Crippen molar-refractivity contribution in [3.8, 4) is 28.4 Å². The maximum absolute atomic E-state index is 6.32.